The summed E-state index contributed by atoms with van der Waals surface area (Å²) in [5, 5.41) is 13.5. The van der Waals surface area contributed by atoms with E-state index < -0.39 is 41.6 Å². The Labute approximate surface area is 150 Å². The van der Waals surface area contributed by atoms with Gasteiger partial charge in [-0.05, 0) is 33.1 Å². The zero-order valence-corrected chi connectivity index (χ0v) is 16.2. The number of ether oxygens (including phenoxy) is 2. The van der Waals surface area contributed by atoms with Crippen LogP contribution in [0, 0.1) is 17.8 Å². The van der Waals surface area contributed by atoms with Crippen LogP contribution in [0.2, 0.25) is 0 Å². The van der Waals surface area contributed by atoms with Crippen LogP contribution in [0.5, 0.6) is 0 Å². The largest absolute Gasteiger partial charge is 0.469 e. The lowest BCUT2D eigenvalue weighted by atomic mass is 9.81. The number of esters is 1. The predicted octanol–water partition coefficient (Wildman–Crippen LogP) is 1.81. The van der Waals surface area contributed by atoms with Crippen LogP contribution in [0.4, 0.5) is 4.79 Å². The number of nitrogens with one attached hydrogen (secondary N) is 1. The molecule has 1 saturated carbocycles. The van der Waals surface area contributed by atoms with Crippen LogP contribution >= 0.6 is 0 Å². The molecule has 7 heteroatoms. The maximum atomic E-state index is 12.2. The number of alkyl carbamates (subject to hydrolysis) is 1. The van der Waals surface area contributed by atoms with Crippen molar-refractivity contribution in [2.45, 2.75) is 77.7 Å². The SMILES string of the molecule is CCC(CC)[C@@H](N)[C@H]1[C@@H](O)[C@H](C(=O)OC)C[C@@H]1NC(=O)OC(C)(C)C. The maximum absolute atomic E-state index is 12.2. The standard InChI is InChI=1S/C18H34N2O5/c1-7-10(8-2)14(19)13-12(20-17(23)25-18(3,4)5)9-11(15(13)21)16(22)24-6/h10-15,21H,7-9,19H2,1-6H3,(H,20,23)/t11-,12+,13+,14-,15+/m1/s1. The molecule has 0 aromatic rings. The van der Waals surface area contributed by atoms with Crippen molar-refractivity contribution < 1.29 is 24.2 Å². The zero-order valence-electron chi connectivity index (χ0n) is 16.2. The summed E-state index contributed by atoms with van der Waals surface area (Å²) in [6.45, 7) is 9.43. The topological polar surface area (TPSA) is 111 Å². The van der Waals surface area contributed by atoms with Gasteiger partial charge in [-0.3, -0.25) is 4.79 Å². The van der Waals surface area contributed by atoms with E-state index in [9.17, 15) is 14.7 Å². The van der Waals surface area contributed by atoms with E-state index in [4.69, 9.17) is 15.2 Å². The lowest BCUT2D eigenvalue weighted by Crippen LogP contribution is -2.51. The number of carbonyl (C=O) groups excluding carboxylic acids is 2. The van der Waals surface area contributed by atoms with E-state index >= 15 is 0 Å². The van der Waals surface area contributed by atoms with Crippen molar-refractivity contribution in [1.82, 2.24) is 5.32 Å². The third-order valence-corrected chi connectivity index (χ3v) is 5.02. The average Bonchev–Trinajstić information content (AvgIpc) is 2.81. The van der Waals surface area contributed by atoms with Crippen LogP contribution in [0.3, 0.4) is 0 Å². The molecule has 0 aromatic heterocycles. The number of aliphatic hydroxyl groups excluding tert-OH is 1. The van der Waals surface area contributed by atoms with Gasteiger partial charge in [0.15, 0.2) is 0 Å². The normalized spacial score (nSPS) is 27.9. The Hall–Kier alpha value is -1.34. The molecule has 7 nitrogen and oxygen atoms in total. The minimum Gasteiger partial charge on any atom is -0.469 e. The number of amides is 1. The third kappa shape index (κ3) is 5.57. The molecule has 0 heterocycles. The van der Waals surface area contributed by atoms with Crippen molar-refractivity contribution in [3.05, 3.63) is 0 Å². The molecular formula is C18H34N2O5. The van der Waals surface area contributed by atoms with Crippen LogP contribution in [0.15, 0.2) is 0 Å². The molecule has 1 amide bonds. The van der Waals surface area contributed by atoms with Gasteiger partial charge in [0.1, 0.15) is 5.60 Å². The van der Waals surface area contributed by atoms with Crippen molar-refractivity contribution in [2.75, 3.05) is 7.11 Å². The first kappa shape index (κ1) is 21.7. The van der Waals surface area contributed by atoms with E-state index in [1.165, 1.54) is 7.11 Å². The van der Waals surface area contributed by atoms with Crippen molar-refractivity contribution >= 4 is 12.1 Å². The molecule has 4 N–H and O–H groups in total. The van der Waals surface area contributed by atoms with Gasteiger partial charge in [0.05, 0.1) is 19.1 Å². The summed E-state index contributed by atoms with van der Waals surface area (Å²) in [4.78, 5) is 24.2. The predicted molar refractivity (Wildman–Crippen MR) is 94.8 cm³/mol. The van der Waals surface area contributed by atoms with E-state index in [-0.39, 0.29) is 18.4 Å². The highest BCUT2D eigenvalue weighted by molar-refractivity contribution is 5.74. The Morgan fingerprint density at radius 1 is 1.28 bits per heavy atom. The number of methoxy groups -OCH3 is 1. The molecule has 1 aliphatic rings. The van der Waals surface area contributed by atoms with Crippen LogP contribution < -0.4 is 11.1 Å². The number of nitrogens with two attached hydrogens (primary N) is 1. The first-order valence-electron chi connectivity index (χ1n) is 9.06. The summed E-state index contributed by atoms with van der Waals surface area (Å²) in [7, 11) is 1.29. The Kier molecular flexibility index (Phi) is 7.68. The van der Waals surface area contributed by atoms with Gasteiger partial charge >= 0.3 is 12.1 Å². The molecule has 0 radical (unpaired) electrons. The van der Waals surface area contributed by atoms with Crippen LogP contribution in [0.25, 0.3) is 0 Å². The van der Waals surface area contributed by atoms with Crippen LogP contribution in [-0.4, -0.2) is 48.1 Å². The number of hydrogen-bond donors (Lipinski definition) is 3. The van der Waals surface area contributed by atoms with Gasteiger partial charge in [0.25, 0.3) is 0 Å². The van der Waals surface area contributed by atoms with E-state index in [2.05, 4.69) is 5.32 Å². The van der Waals surface area contributed by atoms with Crippen molar-refractivity contribution in [3.63, 3.8) is 0 Å². The van der Waals surface area contributed by atoms with E-state index in [0.29, 0.717) is 0 Å². The molecule has 1 rings (SSSR count). The highest BCUT2D eigenvalue weighted by Crippen LogP contribution is 2.37. The molecule has 0 unspecified atom stereocenters. The van der Waals surface area contributed by atoms with Crippen molar-refractivity contribution in [3.8, 4) is 0 Å². The summed E-state index contributed by atoms with van der Waals surface area (Å²) in [6, 6.07) is -0.774. The Bertz CT molecular complexity index is 459. The molecule has 1 fully saturated rings. The Balaban J connectivity index is 3.00. The summed E-state index contributed by atoms with van der Waals surface area (Å²) in [5.41, 5.74) is 5.80. The van der Waals surface area contributed by atoms with Crippen molar-refractivity contribution in [1.29, 1.82) is 0 Å². The second-order valence-electron chi connectivity index (χ2n) is 7.84. The van der Waals surface area contributed by atoms with E-state index in [0.717, 1.165) is 12.8 Å². The first-order valence-corrected chi connectivity index (χ1v) is 9.06. The molecule has 5 atom stereocenters. The molecule has 0 spiro atoms. The average molecular weight is 358 g/mol. The van der Waals surface area contributed by atoms with Gasteiger partial charge in [-0.2, -0.15) is 0 Å². The third-order valence-electron chi connectivity index (χ3n) is 5.02. The summed E-state index contributed by atoms with van der Waals surface area (Å²) >= 11 is 0. The minimum atomic E-state index is -0.956. The minimum absolute atomic E-state index is 0.194. The molecule has 1 aliphatic carbocycles. The monoisotopic (exact) mass is 358 g/mol. The summed E-state index contributed by atoms with van der Waals surface area (Å²) in [5.74, 6) is -1.42. The number of carbonyl (C=O) groups is 2. The van der Waals surface area contributed by atoms with Crippen LogP contribution in [0.1, 0.15) is 53.9 Å². The number of hydrogen-bond acceptors (Lipinski definition) is 6. The maximum Gasteiger partial charge on any atom is 0.407 e. The van der Waals surface area contributed by atoms with E-state index in [1.807, 2.05) is 13.8 Å². The van der Waals surface area contributed by atoms with Crippen LogP contribution in [-0.2, 0) is 14.3 Å². The highest BCUT2D eigenvalue weighted by Gasteiger charge is 2.50. The smallest absolute Gasteiger partial charge is 0.407 e. The van der Waals surface area contributed by atoms with Gasteiger partial charge in [0.2, 0.25) is 0 Å². The second kappa shape index (κ2) is 8.85. The summed E-state index contributed by atoms with van der Waals surface area (Å²) < 4.78 is 10.1. The quantitative estimate of drug-likeness (QED) is 0.625. The molecule has 0 aromatic carbocycles. The zero-order chi connectivity index (χ0) is 19.4. The van der Waals surface area contributed by atoms with Gasteiger partial charge < -0.3 is 25.6 Å². The molecule has 25 heavy (non-hydrogen) atoms. The number of rotatable bonds is 6. The lowest BCUT2D eigenvalue weighted by molar-refractivity contribution is -0.149. The lowest BCUT2D eigenvalue weighted by Gasteiger charge is -2.33. The Morgan fingerprint density at radius 2 is 1.84 bits per heavy atom. The fourth-order valence-electron chi connectivity index (χ4n) is 3.72. The molecular weight excluding hydrogens is 324 g/mol. The van der Waals surface area contributed by atoms with E-state index in [1.54, 1.807) is 20.8 Å². The fourth-order valence-corrected chi connectivity index (χ4v) is 3.72. The molecule has 146 valence electrons. The fraction of sp³-hybridized carbons (Fsp3) is 0.889. The van der Waals surface area contributed by atoms with Gasteiger partial charge in [-0.1, -0.05) is 26.7 Å². The van der Waals surface area contributed by atoms with Gasteiger partial charge in [0, 0.05) is 18.0 Å². The van der Waals surface area contributed by atoms with Crippen molar-refractivity contribution in [2.24, 2.45) is 23.5 Å². The van der Waals surface area contributed by atoms with Gasteiger partial charge in [-0.15, -0.1) is 0 Å². The first-order chi connectivity index (χ1) is 11.6. The Morgan fingerprint density at radius 3 is 2.28 bits per heavy atom. The molecule has 0 bridgehead atoms. The summed E-state index contributed by atoms with van der Waals surface area (Å²) in [6.07, 6.45) is 0.484. The second-order valence-corrected chi connectivity index (χ2v) is 7.84. The molecule has 0 saturated heterocycles. The van der Waals surface area contributed by atoms with Gasteiger partial charge in [-0.25, -0.2) is 4.79 Å². The number of aliphatic hydroxyl groups is 1. The molecule has 0 aliphatic heterocycles. The highest BCUT2D eigenvalue weighted by atomic mass is 16.6.